The normalized spacial score (nSPS) is 44.8. The number of hydrogen-bond donors (Lipinski definition) is 0. The summed E-state index contributed by atoms with van der Waals surface area (Å²) in [6, 6.07) is 0. The van der Waals surface area contributed by atoms with Gasteiger partial charge in [0.05, 0.1) is 13.2 Å². The fourth-order valence-corrected chi connectivity index (χ4v) is 8.73. The molecule has 0 aromatic rings. The number of methoxy groups -OCH3 is 2. The maximum absolute atomic E-state index is 11.7. The second-order valence-corrected chi connectivity index (χ2v) is 11.6. The van der Waals surface area contributed by atoms with Gasteiger partial charge >= 0.3 is 5.97 Å². The Morgan fingerprint density at radius 3 is 2.61 bits per heavy atom. The zero-order valence-corrected chi connectivity index (χ0v) is 20.4. The molecule has 4 heteroatoms. The van der Waals surface area contributed by atoms with Crippen molar-refractivity contribution in [3.63, 3.8) is 0 Å². The summed E-state index contributed by atoms with van der Waals surface area (Å²) in [7, 11) is 3.24. The smallest absolute Gasteiger partial charge is 0.305 e. The lowest BCUT2D eigenvalue weighted by atomic mass is 9.44. The van der Waals surface area contributed by atoms with Crippen molar-refractivity contribution in [2.45, 2.75) is 84.7 Å². The van der Waals surface area contributed by atoms with E-state index in [0.717, 1.165) is 24.2 Å². The maximum atomic E-state index is 11.7. The van der Waals surface area contributed by atoms with Gasteiger partial charge in [-0.2, -0.15) is 0 Å². The monoisotopic (exact) mass is 432 g/mol. The Kier molecular flexibility index (Phi) is 6.89. The average Bonchev–Trinajstić information content (AvgIpc) is 3.12. The van der Waals surface area contributed by atoms with Crippen molar-refractivity contribution in [2.24, 2.45) is 46.3 Å². The zero-order chi connectivity index (χ0) is 22.2. The van der Waals surface area contributed by atoms with Crippen molar-refractivity contribution in [3.05, 3.63) is 12.2 Å². The van der Waals surface area contributed by atoms with E-state index >= 15 is 0 Å². The molecular weight excluding hydrogens is 388 g/mol. The molecule has 3 saturated carbocycles. The first-order chi connectivity index (χ1) is 14.8. The van der Waals surface area contributed by atoms with Crippen LogP contribution < -0.4 is 0 Å². The molecule has 0 aromatic heterocycles. The average molecular weight is 433 g/mol. The Balaban J connectivity index is 1.57. The van der Waals surface area contributed by atoms with Crippen LogP contribution in [0.3, 0.4) is 0 Å². The van der Waals surface area contributed by atoms with Gasteiger partial charge in [-0.05, 0) is 97.7 Å². The van der Waals surface area contributed by atoms with Gasteiger partial charge in [0.25, 0.3) is 0 Å². The van der Waals surface area contributed by atoms with Crippen LogP contribution in [-0.2, 0) is 19.0 Å². The number of esters is 1. The molecule has 0 N–H and O–H groups in total. The molecule has 3 fully saturated rings. The van der Waals surface area contributed by atoms with Gasteiger partial charge in [-0.3, -0.25) is 4.79 Å². The van der Waals surface area contributed by atoms with Crippen molar-refractivity contribution < 1.29 is 19.0 Å². The molecule has 0 radical (unpaired) electrons. The lowest BCUT2D eigenvalue weighted by Gasteiger charge is -2.62. The van der Waals surface area contributed by atoms with Crippen molar-refractivity contribution >= 4 is 5.97 Å². The van der Waals surface area contributed by atoms with E-state index in [9.17, 15) is 4.79 Å². The fraction of sp³-hybridized carbons (Fsp3) is 0.889. The number of hydrogen-bond acceptors (Lipinski definition) is 4. The predicted molar refractivity (Wildman–Crippen MR) is 122 cm³/mol. The van der Waals surface area contributed by atoms with E-state index in [0.29, 0.717) is 47.9 Å². The Bertz CT molecular complexity index is 674. The molecule has 0 saturated heterocycles. The third-order valence-electron chi connectivity index (χ3n) is 10.4. The lowest BCUT2D eigenvalue weighted by molar-refractivity contribution is -0.195. The van der Waals surface area contributed by atoms with Crippen LogP contribution >= 0.6 is 0 Å². The Morgan fingerprint density at radius 1 is 1.10 bits per heavy atom. The summed E-state index contributed by atoms with van der Waals surface area (Å²) >= 11 is 0. The standard InChI is InChI=1S/C27H44O4/c1-18(9-12-24(28)30-5)20-10-11-21-25-22(13-15-27(20,21)3)26(2)14-7-6-8-19(26)16-23(25)31-17-29-4/h6-7,18-23,25H,8-17H2,1-5H3/t18-,19+,20-,21+,22+,23+,25+,26+,27-/m1/s1. The summed E-state index contributed by atoms with van der Waals surface area (Å²) in [6.45, 7) is 7.94. The van der Waals surface area contributed by atoms with E-state index in [4.69, 9.17) is 14.2 Å². The number of carbonyl (C=O) groups excluding carboxylic acids is 1. The second-order valence-electron chi connectivity index (χ2n) is 11.6. The first kappa shape index (κ1) is 23.3. The summed E-state index contributed by atoms with van der Waals surface area (Å²) < 4.78 is 16.7. The molecule has 31 heavy (non-hydrogen) atoms. The van der Waals surface area contributed by atoms with Gasteiger partial charge in [-0.25, -0.2) is 0 Å². The molecule has 0 heterocycles. The van der Waals surface area contributed by atoms with E-state index in [1.165, 1.54) is 52.1 Å². The predicted octanol–water partition coefficient (Wildman–Crippen LogP) is 6.00. The number of allylic oxidation sites excluding steroid dienone is 2. The minimum atomic E-state index is -0.0695. The van der Waals surface area contributed by atoms with Gasteiger partial charge in [0, 0.05) is 13.5 Å². The van der Waals surface area contributed by atoms with Crippen LogP contribution in [0.1, 0.15) is 78.6 Å². The molecule has 9 atom stereocenters. The van der Waals surface area contributed by atoms with Gasteiger partial charge in [0.15, 0.2) is 0 Å². The van der Waals surface area contributed by atoms with Gasteiger partial charge in [-0.15, -0.1) is 0 Å². The number of rotatable bonds is 7. The van der Waals surface area contributed by atoms with Crippen molar-refractivity contribution in [2.75, 3.05) is 21.0 Å². The molecule has 4 aliphatic rings. The largest absolute Gasteiger partial charge is 0.469 e. The number of fused-ring (bicyclic) bond motifs is 5. The van der Waals surface area contributed by atoms with E-state index in [1.54, 1.807) is 7.11 Å². The van der Waals surface area contributed by atoms with Crippen LogP contribution in [0.4, 0.5) is 0 Å². The van der Waals surface area contributed by atoms with E-state index in [-0.39, 0.29) is 5.97 Å². The third-order valence-corrected chi connectivity index (χ3v) is 10.4. The highest BCUT2D eigenvalue weighted by Crippen LogP contribution is 2.68. The lowest BCUT2D eigenvalue weighted by Crippen LogP contribution is -2.58. The Hall–Kier alpha value is -0.870. The Morgan fingerprint density at radius 2 is 1.87 bits per heavy atom. The molecule has 4 nitrogen and oxygen atoms in total. The summed E-state index contributed by atoms with van der Waals surface area (Å²) in [5, 5.41) is 0. The number of carbonyl (C=O) groups is 1. The first-order valence-electron chi connectivity index (χ1n) is 12.7. The van der Waals surface area contributed by atoms with Crippen LogP contribution in [0.5, 0.6) is 0 Å². The molecule has 0 bridgehead atoms. The molecule has 176 valence electrons. The quantitative estimate of drug-likeness (QED) is 0.281. The van der Waals surface area contributed by atoms with E-state index in [2.05, 4.69) is 32.9 Å². The highest BCUT2D eigenvalue weighted by molar-refractivity contribution is 5.69. The van der Waals surface area contributed by atoms with Crippen molar-refractivity contribution in [1.29, 1.82) is 0 Å². The molecular formula is C27H44O4. The molecule has 0 unspecified atom stereocenters. The fourth-order valence-electron chi connectivity index (χ4n) is 8.73. The Labute approximate surface area is 189 Å². The summed E-state index contributed by atoms with van der Waals surface area (Å²) in [6.07, 6.45) is 15.6. The van der Waals surface area contributed by atoms with Crippen LogP contribution in [0.25, 0.3) is 0 Å². The van der Waals surface area contributed by atoms with E-state index < -0.39 is 0 Å². The van der Waals surface area contributed by atoms with Gasteiger partial charge in [-0.1, -0.05) is 32.9 Å². The van der Waals surface area contributed by atoms with Crippen molar-refractivity contribution in [1.82, 2.24) is 0 Å². The highest BCUT2D eigenvalue weighted by atomic mass is 16.7. The van der Waals surface area contributed by atoms with Crippen molar-refractivity contribution in [3.8, 4) is 0 Å². The number of ether oxygens (including phenoxy) is 3. The summed E-state index contributed by atoms with van der Waals surface area (Å²) in [5.74, 6) is 4.04. The first-order valence-corrected chi connectivity index (χ1v) is 12.7. The summed E-state index contributed by atoms with van der Waals surface area (Å²) in [5.41, 5.74) is 0.779. The molecule has 4 rings (SSSR count). The molecule has 0 aliphatic heterocycles. The minimum absolute atomic E-state index is 0.0695. The SMILES string of the molecule is COCO[C@H]1C[C@@H]2CC=CC[C@]2(C)[C@H]2CC[C@]3(C)[C@@H]([C@H](C)CCC(=O)OC)CC[C@H]3[C@H]12. The van der Waals surface area contributed by atoms with Crippen LogP contribution in [0.15, 0.2) is 12.2 Å². The topological polar surface area (TPSA) is 44.8 Å². The molecule has 0 aromatic carbocycles. The van der Waals surface area contributed by atoms with Gasteiger partial charge < -0.3 is 14.2 Å². The molecule has 4 aliphatic carbocycles. The van der Waals surface area contributed by atoms with E-state index in [1.807, 2.05) is 0 Å². The van der Waals surface area contributed by atoms with Crippen LogP contribution in [-0.4, -0.2) is 33.1 Å². The minimum Gasteiger partial charge on any atom is -0.469 e. The second kappa shape index (κ2) is 9.17. The molecule has 0 spiro atoms. The van der Waals surface area contributed by atoms with Gasteiger partial charge in [0.2, 0.25) is 0 Å². The van der Waals surface area contributed by atoms with Crippen LogP contribution in [0, 0.1) is 46.3 Å². The highest BCUT2D eigenvalue weighted by Gasteiger charge is 2.62. The molecule has 0 amide bonds. The van der Waals surface area contributed by atoms with Gasteiger partial charge in [0.1, 0.15) is 6.79 Å². The van der Waals surface area contributed by atoms with Crippen LogP contribution in [0.2, 0.25) is 0 Å². The maximum Gasteiger partial charge on any atom is 0.305 e. The zero-order valence-electron chi connectivity index (χ0n) is 20.4. The third kappa shape index (κ3) is 4.01. The summed E-state index contributed by atoms with van der Waals surface area (Å²) in [4.78, 5) is 11.7.